The Morgan fingerprint density at radius 2 is 1.83 bits per heavy atom. The molecule has 1 atom stereocenters. The SMILES string of the molecule is Cc1ccccc1C(C)CC(=O)N1CCC2(CCOCC2)CC1. The third-order valence-corrected chi connectivity index (χ3v) is 5.93. The van der Waals surface area contributed by atoms with Gasteiger partial charge >= 0.3 is 0 Å². The summed E-state index contributed by atoms with van der Waals surface area (Å²) in [5.41, 5.74) is 3.04. The molecule has 2 fully saturated rings. The Balaban J connectivity index is 1.54. The van der Waals surface area contributed by atoms with E-state index in [1.54, 1.807) is 0 Å². The Kier molecular flexibility index (Phi) is 5.05. The largest absolute Gasteiger partial charge is 0.381 e. The molecule has 2 heterocycles. The fourth-order valence-electron chi connectivity index (χ4n) is 4.18. The predicted octanol–water partition coefficient (Wildman–Crippen LogP) is 3.91. The lowest BCUT2D eigenvalue weighted by molar-refractivity contribution is -0.135. The van der Waals surface area contributed by atoms with E-state index < -0.39 is 0 Å². The molecular weight excluding hydrogens is 286 g/mol. The van der Waals surface area contributed by atoms with Gasteiger partial charge in [0.1, 0.15) is 0 Å². The molecule has 126 valence electrons. The molecule has 1 aromatic rings. The van der Waals surface area contributed by atoms with Crippen LogP contribution in [-0.4, -0.2) is 37.1 Å². The second-order valence-electron chi connectivity index (χ2n) is 7.45. The number of nitrogens with zero attached hydrogens (tertiary/aromatic N) is 1. The van der Waals surface area contributed by atoms with E-state index in [2.05, 4.69) is 43.0 Å². The number of hydrogen-bond donors (Lipinski definition) is 0. The Morgan fingerprint density at radius 3 is 2.48 bits per heavy atom. The van der Waals surface area contributed by atoms with Gasteiger partial charge in [0.05, 0.1) is 0 Å². The molecule has 0 aliphatic carbocycles. The lowest BCUT2D eigenvalue weighted by atomic mass is 9.72. The summed E-state index contributed by atoms with van der Waals surface area (Å²) in [6.45, 7) is 7.96. The van der Waals surface area contributed by atoms with Gasteiger partial charge < -0.3 is 9.64 Å². The summed E-state index contributed by atoms with van der Waals surface area (Å²) < 4.78 is 5.50. The molecule has 0 N–H and O–H groups in total. The Hall–Kier alpha value is -1.35. The molecule has 3 nitrogen and oxygen atoms in total. The lowest BCUT2D eigenvalue weighted by Crippen LogP contribution is -2.45. The van der Waals surface area contributed by atoms with Gasteiger partial charge in [0, 0.05) is 32.7 Å². The van der Waals surface area contributed by atoms with Crippen molar-refractivity contribution in [3.63, 3.8) is 0 Å². The van der Waals surface area contributed by atoms with Crippen LogP contribution in [0.25, 0.3) is 0 Å². The number of ether oxygens (including phenoxy) is 1. The van der Waals surface area contributed by atoms with E-state index in [-0.39, 0.29) is 0 Å². The van der Waals surface area contributed by atoms with Crippen LogP contribution in [0.2, 0.25) is 0 Å². The van der Waals surface area contributed by atoms with Crippen molar-refractivity contribution in [3.05, 3.63) is 35.4 Å². The summed E-state index contributed by atoms with van der Waals surface area (Å²) in [6.07, 6.45) is 5.28. The number of piperidine rings is 1. The van der Waals surface area contributed by atoms with Crippen molar-refractivity contribution < 1.29 is 9.53 Å². The molecule has 2 aliphatic rings. The van der Waals surface area contributed by atoms with Gasteiger partial charge in [0.15, 0.2) is 0 Å². The maximum Gasteiger partial charge on any atom is 0.223 e. The molecular formula is C20H29NO2. The highest BCUT2D eigenvalue weighted by atomic mass is 16.5. The summed E-state index contributed by atoms with van der Waals surface area (Å²) in [5.74, 6) is 0.616. The number of carbonyl (C=O) groups is 1. The quantitative estimate of drug-likeness (QED) is 0.846. The van der Waals surface area contributed by atoms with Crippen molar-refractivity contribution in [2.75, 3.05) is 26.3 Å². The highest BCUT2D eigenvalue weighted by Gasteiger charge is 2.37. The molecule has 1 aromatic carbocycles. The molecule has 0 bridgehead atoms. The summed E-state index contributed by atoms with van der Waals surface area (Å²) in [6, 6.07) is 8.41. The number of likely N-dealkylation sites (tertiary alicyclic amines) is 1. The van der Waals surface area contributed by atoms with Crippen molar-refractivity contribution in [1.29, 1.82) is 0 Å². The first kappa shape index (κ1) is 16.5. The van der Waals surface area contributed by atoms with Gasteiger partial charge in [-0.25, -0.2) is 0 Å². The Bertz CT molecular complexity index is 538. The number of rotatable bonds is 3. The maximum atomic E-state index is 12.7. The van der Waals surface area contributed by atoms with Crippen LogP contribution < -0.4 is 0 Å². The lowest BCUT2D eigenvalue weighted by Gasteiger charge is -2.44. The smallest absolute Gasteiger partial charge is 0.223 e. The van der Waals surface area contributed by atoms with E-state index >= 15 is 0 Å². The van der Waals surface area contributed by atoms with Gasteiger partial charge in [-0.05, 0) is 55.1 Å². The third kappa shape index (κ3) is 3.77. The molecule has 23 heavy (non-hydrogen) atoms. The van der Waals surface area contributed by atoms with Crippen LogP contribution >= 0.6 is 0 Å². The fourth-order valence-corrected chi connectivity index (χ4v) is 4.18. The number of benzene rings is 1. The normalized spacial score (nSPS) is 22.1. The summed E-state index contributed by atoms with van der Waals surface area (Å²) in [4.78, 5) is 14.8. The molecule has 1 unspecified atom stereocenters. The van der Waals surface area contributed by atoms with Gasteiger partial charge in [-0.3, -0.25) is 4.79 Å². The monoisotopic (exact) mass is 315 g/mol. The van der Waals surface area contributed by atoms with Gasteiger partial charge in [0.25, 0.3) is 0 Å². The van der Waals surface area contributed by atoms with Gasteiger partial charge in [-0.2, -0.15) is 0 Å². The van der Waals surface area contributed by atoms with Crippen molar-refractivity contribution in [2.24, 2.45) is 5.41 Å². The van der Waals surface area contributed by atoms with E-state index in [0.29, 0.717) is 23.7 Å². The zero-order valence-electron chi connectivity index (χ0n) is 14.5. The third-order valence-electron chi connectivity index (χ3n) is 5.93. The van der Waals surface area contributed by atoms with Crippen molar-refractivity contribution >= 4 is 5.91 Å². The maximum absolute atomic E-state index is 12.7. The van der Waals surface area contributed by atoms with Crippen LogP contribution in [0.4, 0.5) is 0 Å². The van der Waals surface area contributed by atoms with Crippen molar-refractivity contribution in [3.8, 4) is 0 Å². The van der Waals surface area contributed by atoms with Gasteiger partial charge in [0.2, 0.25) is 5.91 Å². The highest BCUT2D eigenvalue weighted by molar-refractivity contribution is 5.77. The topological polar surface area (TPSA) is 29.5 Å². The Labute approximate surface area is 140 Å². The first-order chi connectivity index (χ1) is 11.1. The van der Waals surface area contributed by atoms with Gasteiger partial charge in [-0.15, -0.1) is 0 Å². The van der Waals surface area contributed by atoms with E-state index in [1.807, 2.05) is 0 Å². The average Bonchev–Trinajstić information content (AvgIpc) is 2.56. The van der Waals surface area contributed by atoms with E-state index in [0.717, 1.165) is 39.1 Å². The minimum Gasteiger partial charge on any atom is -0.381 e. The van der Waals surface area contributed by atoms with Crippen LogP contribution in [0.5, 0.6) is 0 Å². The molecule has 0 radical (unpaired) electrons. The molecule has 0 aromatic heterocycles. The second-order valence-corrected chi connectivity index (χ2v) is 7.45. The molecule has 1 spiro atoms. The summed E-state index contributed by atoms with van der Waals surface area (Å²) in [5, 5.41) is 0. The Morgan fingerprint density at radius 1 is 1.17 bits per heavy atom. The zero-order chi connectivity index (χ0) is 16.3. The van der Waals surface area contributed by atoms with E-state index in [4.69, 9.17) is 4.74 Å². The van der Waals surface area contributed by atoms with Crippen molar-refractivity contribution in [1.82, 2.24) is 4.90 Å². The van der Waals surface area contributed by atoms with E-state index in [9.17, 15) is 4.79 Å². The molecule has 3 rings (SSSR count). The van der Waals surface area contributed by atoms with Crippen LogP contribution in [-0.2, 0) is 9.53 Å². The highest BCUT2D eigenvalue weighted by Crippen LogP contribution is 2.40. The predicted molar refractivity (Wildman–Crippen MR) is 92.5 cm³/mol. The minimum absolute atomic E-state index is 0.294. The van der Waals surface area contributed by atoms with Crippen LogP contribution in [0.15, 0.2) is 24.3 Å². The van der Waals surface area contributed by atoms with Crippen molar-refractivity contribution in [2.45, 2.75) is 51.9 Å². The fraction of sp³-hybridized carbons (Fsp3) is 0.650. The first-order valence-electron chi connectivity index (χ1n) is 9.01. The molecule has 1 amide bonds. The molecule has 3 heteroatoms. The number of hydrogen-bond acceptors (Lipinski definition) is 2. The summed E-state index contributed by atoms with van der Waals surface area (Å²) >= 11 is 0. The standard InChI is InChI=1S/C20H29NO2/c1-16-5-3-4-6-18(16)17(2)15-19(22)21-11-7-20(8-12-21)9-13-23-14-10-20/h3-6,17H,7-15H2,1-2H3. The zero-order valence-corrected chi connectivity index (χ0v) is 14.5. The summed E-state index contributed by atoms with van der Waals surface area (Å²) in [7, 11) is 0. The van der Waals surface area contributed by atoms with E-state index in [1.165, 1.54) is 24.0 Å². The average molecular weight is 315 g/mol. The van der Waals surface area contributed by atoms with Gasteiger partial charge in [-0.1, -0.05) is 31.2 Å². The van der Waals surface area contributed by atoms with Crippen LogP contribution in [0.1, 0.15) is 56.1 Å². The molecule has 2 aliphatic heterocycles. The van der Waals surface area contributed by atoms with Crippen LogP contribution in [0.3, 0.4) is 0 Å². The first-order valence-corrected chi connectivity index (χ1v) is 9.01. The number of carbonyl (C=O) groups excluding carboxylic acids is 1. The molecule has 2 saturated heterocycles. The van der Waals surface area contributed by atoms with Crippen LogP contribution in [0, 0.1) is 12.3 Å². The number of aryl methyl sites for hydroxylation is 1. The second kappa shape index (κ2) is 7.04. The molecule has 0 saturated carbocycles. The number of amides is 1. The minimum atomic E-state index is 0.294.